The quantitative estimate of drug-likeness (QED) is 0.689. The van der Waals surface area contributed by atoms with E-state index < -0.39 is 6.09 Å². The van der Waals surface area contributed by atoms with Gasteiger partial charge in [0.15, 0.2) is 0 Å². The average molecular weight is 195 g/mol. The first kappa shape index (κ1) is 8.31. The standard InChI is InChI=1S/C9H9NO2S/c11-9(12)10-4-1-2-7-3-5-13-8(7)6-10/h1-3,5H,4,6H2,(H,11,12). The molecule has 0 atom stereocenters. The summed E-state index contributed by atoms with van der Waals surface area (Å²) in [4.78, 5) is 13.3. The Bertz CT molecular complexity index is 356. The number of hydrogen-bond donors (Lipinski definition) is 1. The molecule has 0 radical (unpaired) electrons. The maximum absolute atomic E-state index is 10.7. The van der Waals surface area contributed by atoms with E-state index in [0.717, 1.165) is 10.4 Å². The number of hydrogen-bond acceptors (Lipinski definition) is 2. The van der Waals surface area contributed by atoms with Crippen LogP contribution in [-0.4, -0.2) is 22.6 Å². The number of nitrogens with zero attached hydrogens (tertiary/aromatic N) is 1. The van der Waals surface area contributed by atoms with Crippen molar-refractivity contribution >= 4 is 23.5 Å². The van der Waals surface area contributed by atoms with Gasteiger partial charge >= 0.3 is 6.09 Å². The van der Waals surface area contributed by atoms with Crippen LogP contribution in [0.5, 0.6) is 0 Å². The molecule has 0 saturated carbocycles. The Kier molecular flexibility index (Phi) is 2.06. The largest absolute Gasteiger partial charge is 0.465 e. The zero-order valence-electron chi connectivity index (χ0n) is 6.93. The fourth-order valence-corrected chi connectivity index (χ4v) is 2.20. The van der Waals surface area contributed by atoms with Gasteiger partial charge in [0, 0.05) is 11.4 Å². The van der Waals surface area contributed by atoms with Crippen molar-refractivity contribution in [3.63, 3.8) is 0 Å². The fraction of sp³-hybridized carbons (Fsp3) is 0.222. The number of rotatable bonds is 0. The summed E-state index contributed by atoms with van der Waals surface area (Å²) in [5.74, 6) is 0. The van der Waals surface area contributed by atoms with Crippen molar-refractivity contribution < 1.29 is 9.90 Å². The van der Waals surface area contributed by atoms with E-state index in [4.69, 9.17) is 5.11 Å². The van der Waals surface area contributed by atoms with Gasteiger partial charge < -0.3 is 5.11 Å². The highest BCUT2D eigenvalue weighted by molar-refractivity contribution is 7.10. The summed E-state index contributed by atoms with van der Waals surface area (Å²) in [6.07, 6.45) is 3.01. The molecule has 3 nitrogen and oxygen atoms in total. The molecule has 2 heterocycles. The summed E-state index contributed by atoms with van der Waals surface area (Å²) in [6.45, 7) is 0.992. The summed E-state index contributed by atoms with van der Waals surface area (Å²) in [7, 11) is 0. The van der Waals surface area contributed by atoms with Crippen LogP contribution in [0.4, 0.5) is 4.79 Å². The van der Waals surface area contributed by atoms with Gasteiger partial charge in [-0.3, -0.25) is 4.90 Å². The molecule has 1 N–H and O–H groups in total. The first-order chi connectivity index (χ1) is 6.27. The first-order valence-corrected chi connectivity index (χ1v) is 4.86. The lowest BCUT2D eigenvalue weighted by Crippen LogP contribution is -2.28. The number of carbonyl (C=O) groups is 1. The Morgan fingerprint density at radius 2 is 2.46 bits per heavy atom. The molecule has 68 valence electrons. The summed E-state index contributed by atoms with van der Waals surface area (Å²) >= 11 is 1.60. The number of thiophene rings is 1. The van der Waals surface area contributed by atoms with E-state index in [0.29, 0.717) is 13.1 Å². The van der Waals surface area contributed by atoms with Crippen molar-refractivity contribution in [3.05, 3.63) is 28.0 Å². The van der Waals surface area contributed by atoms with E-state index in [9.17, 15) is 4.79 Å². The third-order valence-corrected chi connectivity index (χ3v) is 2.93. The highest BCUT2D eigenvalue weighted by atomic mass is 32.1. The molecule has 1 aliphatic rings. The monoisotopic (exact) mass is 195 g/mol. The number of fused-ring (bicyclic) bond motifs is 1. The SMILES string of the molecule is O=C(O)N1CC=Cc2ccsc2C1. The molecule has 0 spiro atoms. The van der Waals surface area contributed by atoms with Gasteiger partial charge in [0.2, 0.25) is 0 Å². The summed E-state index contributed by atoms with van der Waals surface area (Å²) in [5, 5.41) is 10.8. The Balaban J connectivity index is 2.29. The van der Waals surface area contributed by atoms with Gasteiger partial charge in [-0.15, -0.1) is 11.3 Å². The number of carboxylic acid groups (broad SMARTS) is 1. The number of amides is 1. The lowest BCUT2D eigenvalue weighted by molar-refractivity contribution is 0.148. The molecule has 1 aromatic heterocycles. The van der Waals surface area contributed by atoms with Crippen molar-refractivity contribution in [2.24, 2.45) is 0 Å². The minimum atomic E-state index is -0.856. The third-order valence-electron chi connectivity index (χ3n) is 2.01. The molecular weight excluding hydrogens is 186 g/mol. The van der Waals surface area contributed by atoms with Gasteiger partial charge in [0.25, 0.3) is 0 Å². The highest BCUT2D eigenvalue weighted by Gasteiger charge is 2.15. The van der Waals surface area contributed by atoms with E-state index in [1.165, 1.54) is 4.90 Å². The Morgan fingerprint density at radius 3 is 3.23 bits per heavy atom. The van der Waals surface area contributed by atoms with Crippen LogP contribution in [0, 0.1) is 0 Å². The second-order valence-electron chi connectivity index (χ2n) is 2.86. The second kappa shape index (κ2) is 3.22. The topological polar surface area (TPSA) is 40.5 Å². The van der Waals surface area contributed by atoms with Crippen LogP contribution in [0.1, 0.15) is 10.4 Å². The van der Waals surface area contributed by atoms with Crippen molar-refractivity contribution in [3.8, 4) is 0 Å². The van der Waals surface area contributed by atoms with Crippen LogP contribution in [0.2, 0.25) is 0 Å². The van der Waals surface area contributed by atoms with E-state index in [2.05, 4.69) is 0 Å². The summed E-state index contributed by atoms with van der Waals surface area (Å²) in [6, 6.07) is 2.02. The molecular formula is C9H9NO2S. The second-order valence-corrected chi connectivity index (χ2v) is 3.87. The first-order valence-electron chi connectivity index (χ1n) is 3.98. The summed E-state index contributed by atoms with van der Waals surface area (Å²) < 4.78 is 0. The van der Waals surface area contributed by atoms with Crippen molar-refractivity contribution in [1.29, 1.82) is 0 Å². The van der Waals surface area contributed by atoms with E-state index in [1.54, 1.807) is 11.3 Å². The zero-order chi connectivity index (χ0) is 9.26. The van der Waals surface area contributed by atoms with Gasteiger partial charge in [-0.1, -0.05) is 12.2 Å². The molecule has 4 heteroatoms. The van der Waals surface area contributed by atoms with Gasteiger partial charge in [-0.25, -0.2) is 4.79 Å². The predicted molar refractivity (Wildman–Crippen MR) is 51.8 cm³/mol. The highest BCUT2D eigenvalue weighted by Crippen LogP contribution is 2.22. The van der Waals surface area contributed by atoms with Gasteiger partial charge in [-0.05, 0) is 17.0 Å². The van der Waals surface area contributed by atoms with Crippen molar-refractivity contribution in [2.75, 3.05) is 6.54 Å². The van der Waals surface area contributed by atoms with E-state index in [-0.39, 0.29) is 0 Å². The molecule has 2 rings (SSSR count). The maximum atomic E-state index is 10.7. The molecule has 0 bridgehead atoms. The van der Waals surface area contributed by atoms with Gasteiger partial charge in [0.1, 0.15) is 0 Å². The normalized spacial score (nSPS) is 15.2. The zero-order valence-corrected chi connectivity index (χ0v) is 7.75. The predicted octanol–water partition coefficient (Wildman–Crippen LogP) is 2.25. The smallest absolute Gasteiger partial charge is 0.407 e. The minimum absolute atomic E-state index is 0.483. The molecule has 1 aromatic rings. The molecule has 0 fully saturated rings. The van der Waals surface area contributed by atoms with Gasteiger partial charge in [-0.2, -0.15) is 0 Å². The van der Waals surface area contributed by atoms with Crippen LogP contribution in [0.25, 0.3) is 6.08 Å². The van der Waals surface area contributed by atoms with Crippen molar-refractivity contribution in [1.82, 2.24) is 4.90 Å². The van der Waals surface area contributed by atoms with Gasteiger partial charge in [0.05, 0.1) is 6.54 Å². The Labute approximate surface area is 79.9 Å². The molecule has 1 amide bonds. The van der Waals surface area contributed by atoms with E-state index in [1.807, 2.05) is 23.6 Å². The average Bonchev–Trinajstić information content (AvgIpc) is 2.42. The van der Waals surface area contributed by atoms with Crippen molar-refractivity contribution in [2.45, 2.75) is 6.54 Å². The van der Waals surface area contributed by atoms with E-state index >= 15 is 0 Å². The van der Waals surface area contributed by atoms with Crippen LogP contribution in [0.3, 0.4) is 0 Å². The Hall–Kier alpha value is -1.29. The molecule has 0 aromatic carbocycles. The molecule has 13 heavy (non-hydrogen) atoms. The minimum Gasteiger partial charge on any atom is -0.465 e. The lowest BCUT2D eigenvalue weighted by Gasteiger charge is -2.14. The van der Waals surface area contributed by atoms with Crippen LogP contribution < -0.4 is 0 Å². The lowest BCUT2D eigenvalue weighted by atomic mass is 10.2. The summed E-state index contributed by atoms with van der Waals surface area (Å²) in [5.41, 5.74) is 1.15. The maximum Gasteiger partial charge on any atom is 0.407 e. The van der Waals surface area contributed by atoms with Crippen LogP contribution in [-0.2, 0) is 6.54 Å². The third kappa shape index (κ3) is 1.58. The molecule has 0 unspecified atom stereocenters. The van der Waals surface area contributed by atoms with Crippen LogP contribution >= 0.6 is 11.3 Å². The fourth-order valence-electron chi connectivity index (χ4n) is 1.32. The molecule has 0 saturated heterocycles. The van der Waals surface area contributed by atoms with Crippen LogP contribution in [0.15, 0.2) is 17.5 Å². The molecule has 0 aliphatic carbocycles. The Morgan fingerprint density at radius 1 is 1.62 bits per heavy atom. The molecule has 1 aliphatic heterocycles.